The maximum atomic E-state index is 7.10. The molecule has 0 unspecified atom stereocenters. The van der Waals surface area contributed by atoms with Crippen molar-refractivity contribution in [1.29, 1.82) is 0 Å². The maximum Gasteiger partial charge on any atom is 0.252 e. The number of nitrogens with zero attached hydrogens (tertiary/aromatic N) is 3. The fraction of sp³-hybridized carbons (Fsp3) is 0. The zero-order valence-corrected chi connectivity index (χ0v) is 32.1. The van der Waals surface area contributed by atoms with Gasteiger partial charge in [0.2, 0.25) is 0 Å². The van der Waals surface area contributed by atoms with E-state index < -0.39 is 0 Å². The van der Waals surface area contributed by atoms with E-state index in [1.54, 1.807) is 0 Å². The van der Waals surface area contributed by atoms with Gasteiger partial charge in [0.1, 0.15) is 5.58 Å². The first-order chi connectivity index (χ1) is 29.3. The van der Waals surface area contributed by atoms with Gasteiger partial charge < -0.3 is 19.1 Å². The molecule has 276 valence electrons. The van der Waals surface area contributed by atoms with E-state index in [-0.39, 0.29) is 6.71 Å². The summed E-state index contributed by atoms with van der Waals surface area (Å²) in [4.78, 5) is 7.30. The van der Waals surface area contributed by atoms with Crippen LogP contribution in [-0.2, 0) is 0 Å². The van der Waals surface area contributed by atoms with Crippen molar-refractivity contribution in [2.75, 3.05) is 14.7 Å². The minimum Gasteiger partial charge on any atom is -0.453 e. The van der Waals surface area contributed by atoms with Gasteiger partial charge in [-0.3, -0.25) is 0 Å². The molecule has 0 bridgehead atoms. The quantitative estimate of drug-likeness (QED) is 0.158. The topological polar surface area (TPSA) is 22.9 Å². The van der Waals surface area contributed by atoms with Crippen molar-refractivity contribution in [2.45, 2.75) is 0 Å². The Morgan fingerprint density at radius 1 is 0.390 bits per heavy atom. The average molecular weight is 754 g/mol. The third-order valence-corrected chi connectivity index (χ3v) is 12.0. The van der Waals surface area contributed by atoms with Crippen molar-refractivity contribution in [3.8, 4) is 11.1 Å². The highest BCUT2D eigenvalue weighted by atomic mass is 16.3. The summed E-state index contributed by atoms with van der Waals surface area (Å²) >= 11 is 0. The molecular formula is C54H36BN3O. The Labute approximate surface area is 343 Å². The molecule has 2 aliphatic heterocycles. The Morgan fingerprint density at radius 3 is 1.47 bits per heavy atom. The van der Waals surface area contributed by atoms with Crippen LogP contribution < -0.4 is 31.1 Å². The molecule has 0 aliphatic carbocycles. The molecule has 0 saturated carbocycles. The second kappa shape index (κ2) is 13.4. The normalized spacial score (nSPS) is 12.6. The Kier molecular flexibility index (Phi) is 7.60. The molecule has 12 rings (SSSR count). The lowest BCUT2D eigenvalue weighted by Gasteiger charge is -2.44. The molecule has 10 aromatic rings. The number of anilines is 9. The van der Waals surface area contributed by atoms with Crippen LogP contribution in [0.4, 0.5) is 51.2 Å². The summed E-state index contributed by atoms with van der Waals surface area (Å²) in [6.45, 7) is 0.0294. The zero-order valence-electron chi connectivity index (χ0n) is 32.1. The van der Waals surface area contributed by atoms with Crippen LogP contribution in [0.2, 0.25) is 0 Å². The predicted molar refractivity (Wildman–Crippen MR) is 248 cm³/mol. The fourth-order valence-electron chi connectivity index (χ4n) is 9.55. The molecule has 3 heterocycles. The second-order valence-corrected chi connectivity index (χ2v) is 15.3. The first kappa shape index (κ1) is 33.4. The SMILES string of the molecule is c1ccc(-c2cccc3c2oc2c(N(c4ccccc4)c4cc5c6c(c4)N(c4ccccc4)c4ccccc4B6c4ccccc4N5c4ccccc4)cccc23)cc1. The number of hydrogen-bond donors (Lipinski definition) is 0. The highest BCUT2D eigenvalue weighted by Gasteiger charge is 2.43. The maximum absolute atomic E-state index is 7.10. The van der Waals surface area contributed by atoms with Crippen LogP contribution in [0.1, 0.15) is 0 Å². The van der Waals surface area contributed by atoms with Gasteiger partial charge >= 0.3 is 0 Å². The van der Waals surface area contributed by atoms with Crippen molar-refractivity contribution < 1.29 is 4.42 Å². The van der Waals surface area contributed by atoms with Gasteiger partial charge in [-0.1, -0.05) is 152 Å². The fourth-order valence-corrected chi connectivity index (χ4v) is 9.55. The standard InChI is InChI=1S/C54H36BN3O/c1-5-19-37(20-6-1)42-27-17-28-43-44-29-18-34-49(54(44)59-53(42)43)56(38-21-7-2-8-22-38)41-35-50-52-51(36-41)58(40-25-11-4-12-26-40)48-33-16-14-31-46(48)55(52)45-30-13-15-32-47(45)57(50)39-23-9-3-10-24-39/h1-36H. The average Bonchev–Trinajstić information content (AvgIpc) is 3.70. The van der Waals surface area contributed by atoms with Crippen LogP contribution in [0.15, 0.2) is 223 Å². The van der Waals surface area contributed by atoms with Gasteiger partial charge in [-0.2, -0.15) is 0 Å². The summed E-state index contributed by atoms with van der Waals surface area (Å²) in [7, 11) is 0. The summed E-state index contributed by atoms with van der Waals surface area (Å²) in [5.41, 5.74) is 17.7. The zero-order chi connectivity index (χ0) is 38.9. The Balaban J connectivity index is 1.18. The minimum atomic E-state index is 0.0294. The minimum absolute atomic E-state index is 0.0294. The van der Waals surface area contributed by atoms with Crippen LogP contribution in [-0.4, -0.2) is 6.71 Å². The highest BCUT2D eigenvalue weighted by molar-refractivity contribution is 7.00. The smallest absolute Gasteiger partial charge is 0.252 e. The monoisotopic (exact) mass is 753 g/mol. The van der Waals surface area contributed by atoms with Crippen LogP contribution in [0.5, 0.6) is 0 Å². The lowest BCUT2D eigenvalue weighted by atomic mass is 9.33. The summed E-state index contributed by atoms with van der Waals surface area (Å²) in [6.07, 6.45) is 0. The molecule has 0 radical (unpaired) electrons. The van der Waals surface area contributed by atoms with E-state index in [0.717, 1.165) is 72.9 Å². The molecule has 0 saturated heterocycles. The lowest BCUT2D eigenvalue weighted by molar-refractivity contribution is 0.670. The summed E-state index contributed by atoms with van der Waals surface area (Å²) in [5, 5.41) is 2.17. The molecule has 5 heteroatoms. The van der Waals surface area contributed by atoms with Gasteiger partial charge in [0.05, 0.1) is 11.4 Å². The number of para-hydroxylation sites is 7. The Hall–Kier alpha value is -7.76. The molecular weight excluding hydrogens is 717 g/mol. The number of furan rings is 1. The molecule has 1 aromatic heterocycles. The molecule has 0 spiro atoms. The molecule has 2 aliphatic rings. The van der Waals surface area contributed by atoms with E-state index in [9.17, 15) is 0 Å². The van der Waals surface area contributed by atoms with E-state index >= 15 is 0 Å². The van der Waals surface area contributed by atoms with Gasteiger partial charge in [0.25, 0.3) is 6.71 Å². The third-order valence-electron chi connectivity index (χ3n) is 12.0. The second-order valence-electron chi connectivity index (χ2n) is 15.3. The van der Waals surface area contributed by atoms with E-state index in [4.69, 9.17) is 4.42 Å². The van der Waals surface area contributed by atoms with Crippen molar-refractivity contribution >= 4 is 96.2 Å². The molecule has 0 atom stereocenters. The van der Waals surface area contributed by atoms with Gasteiger partial charge in [0.15, 0.2) is 5.58 Å². The Morgan fingerprint density at radius 2 is 0.881 bits per heavy atom. The summed E-state index contributed by atoms with van der Waals surface area (Å²) in [5.74, 6) is 0. The van der Waals surface area contributed by atoms with Crippen molar-refractivity contribution in [1.82, 2.24) is 0 Å². The highest BCUT2D eigenvalue weighted by Crippen LogP contribution is 2.49. The van der Waals surface area contributed by atoms with Crippen LogP contribution >= 0.6 is 0 Å². The molecule has 9 aromatic carbocycles. The van der Waals surface area contributed by atoms with E-state index in [0.29, 0.717) is 0 Å². The summed E-state index contributed by atoms with van der Waals surface area (Å²) < 4.78 is 7.10. The first-order valence-corrected chi connectivity index (χ1v) is 20.2. The molecule has 4 nitrogen and oxygen atoms in total. The van der Waals surface area contributed by atoms with Crippen molar-refractivity contribution in [3.63, 3.8) is 0 Å². The largest absolute Gasteiger partial charge is 0.453 e. The van der Waals surface area contributed by atoms with E-state index in [1.807, 2.05) is 0 Å². The number of hydrogen-bond acceptors (Lipinski definition) is 4. The predicted octanol–water partition coefficient (Wildman–Crippen LogP) is 12.8. The van der Waals surface area contributed by atoms with Crippen LogP contribution in [0.25, 0.3) is 33.1 Å². The molecule has 59 heavy (non-hydrogen) atoms. The Bertz CT molecular complexity index is 3070. The van der Waals surface area contributed by atoms with Crippen molar-refractivity contribution in [3.05, 3.63) is 218 Å². The number of fused-ring (bicyclic) bond motifs is 7. The molecule has 0 fully saturated rings. The van der Waals surface area contributed by atoms with E-state index in [2.05, 4.69) is 233 Å². The van der Waals surface area contributed by atoms with Gasteiger partial charge in [-0.15, -0.1) is 0 Å². The molecule has 0 N–H and O–H groups in total. The van der Waals surface area contributed by atoms with Crippen LogP contribution in [0, 0.1) is 0 Å². The third kappa shape index (κ3) is 5.18. The van der Waals surface area contributed by atoms with Gasteiger partial charge in [0, 0.05) is 56.1 Å². The van der Waals surface area contributed by atoms with Gasteiger partial charge in [-0.05, 0) is 88.7 Å². The van der Waals surface area contributed by atoms with Gasteiger partial charge in [-0.25, -0.2) is 0 Å². The van der Waals surface area contributed by atoms with E-state index in [1.165, 1.54) is 27.8 Å². The summed E-state index contributed by atoms with van der Waals surface area (Å²) in [6, 6.07) is 78.5. The molecule has 0 amide bonds. The van der Waals surface area contributed by atoms with Crippen molar-refractivity contribution in [2.24, 2.45) is 0 Å². The van der Waals surface area contributed by atoms with Crippen LogP contribution in [0.3, 0.4) is 0 Å². The number of benzene rings is 9. The lowest BCUT2D eigenvalue weighted by Crippen LogP contribution is -2.61. The first-order valence-electron chi connectivity index (χ1n) is 20.2. The number of rotatable bonds is 6.